The van der Waals surface area contributed by atoms with Crippen LogP contribution in [0.3, 0.4) is 0 Å². The van der Waals surface area contributed by atoms with Crippen molar-refractivity contribution in [3.63, 3.8) is 0 Å². The van der Waals surface area contributed by atoms with Gasteiger partial charge in [0, 0.05) is 17.6 Å². The van der Waals surface area contributed by atoms with Crippen molar-refractivity contribution in [2.75, 3.05) is 0 Å². The van der Waals surface area contributed by atoms with Crippen LogP contribution in [0.25, 0.3) is 0 Å². The number of nitrogens with one attached hydrogen (secondary N) is 1. The largest absolute Gasteiger partial charge is 0.307 e. The summed E-state index contributed by atoms with van der Waals surface area (Å²) in [6, 6.07) is 4.10. The molecule has 1 aromatic rings. The predicted octanol–water partition coefficient (Wildman–Crippen LogP) is 4.05. The number of benzene rings is 1. The van der Waals surface area contributed by atoms with Crippen LogP contribution in [0.1, 0.15) is 45.2 Å². The van der Waals surface area contributed by atoms with Crippen LogP contribution in [0.2, 0.25) is 0 Å². The molecule has 1 aliphatic rings. The molecule has 4 unspecified atom stereocenters. The summed E-state index contributed by atoms with van der Waals surface area (Å²) in [5.41, 5.74) is 0.157. The quantitative estimate of drug-likeness (QED) is 0.857. The van der Waals surface area contributed by atoms with Crippen molar-refractivity contribution in [2.24, 2.45) is 11.8 Å². The Kier molecular flexibility index (Phi) is 4.00. The van der Waals surface area contributed by atoms with E-state index >= 15 is 0 Å². The van der Waals surface area contributed by atoms with Gasteiger partial charge < -0.3 is 5.32 Å². The van der Waals surface area contributed by atoms with Gasteiger partial charge in [-0.05, 0) is 43.7 Å². The van der Waals surface area contributed by atoms with Crippen molar-refractivity contribution in [3.05, 3.63) is 35.4 Å². The Morgan fingerprint density at radius 3 is 2.28 bits per heavy atom. The van der Waals surface area contributed by atoms with Crippen LogP contribution in [0.4, 0.5) is 8.78 Å². The summed E-state index contributed by atoms with van der Waals surface area (Å²) in [5.74, 6) is 0.310. The Morgan fingerprint density at radius 2 is 1.78 bits per heavy atom. The van der Waals surface area contributed by atoms with E-state index in [9.17, 15) is 8.78 Å². The highest BCUT2D eigenvalue weighted by atomic mass is 19.1. The summed E-state index contributed by atoms with van der Waals surface area (Å²) in [6.07, 6.45) is 2.27. The molecular weight excluding hydrogens is 232 g/mol. The van der Waals surface area contributed by atoms with Crippen LogP contribution >= 0.6 is 0 Å². The van der Waals surface area contributed by atoms with Crippen molar-refractivity contribution >= 4 is 0 Å². The van der Waals surface area contributed by atoms with Gasteiger partial charge in [0.25, 0.3) is 0 Å². The Bertz CT molecular complexity index is 399. The van der Waals surface area contributed by atoms with E-state index < -0.39 is 11.6 Å². The van der Waals surface area contributed by atoms with Crippen LogP contribution in [-0.4, -0.2) is 6.04 Å². The van der Waals surface area contributed by atoms with Gasteiger partial charge in [-0.1, -0.05) is 19.9 Å². The molecule has 0 saturated heterocycles. The zero-order chi connectivity index (χ0) is 13.3. The summed E-state index contributed by atoms with van der Waals surface area (Å²) in [6.45, 7) is 6.28. The average Bonchev–Trinajstić information content (AvgIpc) is 2.61. The third-order valence-corrected chi connectivity index (χ3v) is 4.36. The van der Waals surface area contributed by atoms with Gasteiger partial charge in [0.05, 0.1) is 0 Å². The Balaban J connectivity index is 2.10. The predicted molar refractivity (Wildman–Crippen MR) is 69.3 cm³/mol. The molecule has 1 aromatic carbocycles. The Labute approximate surface area is 108 Å². The van der Waals surface area contributed by atoms with E-state index in [0.29, 0.717) is 17.9 Å². The molecule has 0 aromatic heterocycles. The third-order valence-electron chi connectivity index (χ3n) is 4.36. The maximum Gasteiger partial charge on any atom is 0.130 e. The lowest BCUT2D eigenvalue weighted by molar-refractivity contribution is 0.339. The molecule has 3 heteroatoms. The Morgan fingerprint density at radius 1 is 1.17 bits per heavy atom. The topological polar surface area (TPSA) is 12.0 Å². The van der Waals surface area contributed by atoms with E-state index in [4.69, 9.17) is 0 Å². The van der Waals surface area contributed by atoms with Gasteiger partial charge in [-0.3, -0.25) is 0 Å². The second-order valence-corrected chi connectivity index (χ2v) is 5.54. The summed E-state index contributed by atoms with van der Waals surface area (Å²) < 4.78 is 27.3. The van der Waals surface area contributed by atoms with Gasteiger partial charge in [-0.25, -0.2) is 8.78 Å². The fourth-order valence-electron chi connectivity index (χ4n) is 2.93. The molecule has 0 bridgehead atoms. The van der Waals surface area contributed by atoms with Crippen LogP contribution in [0.5, 0.6) is 0 Å². The smallest absolute Gasteiger partial charge is 0.130 e. The van der Waals surface area contributed by atoms with Crippen molar-refractivity contribution < 1.29 is 8.78 Å². The van der Waals surface area contributed by atoms with E-state index in [2.05, 4.69) is 19.2 Å². The molecule has 0 radical (unpaired) electrons. The molecule has 1 nitrogen and oxygen atoms in total. The first kappa shape index (κ1) is 13.5. The maximum absolute atomic E-state index is 13.7. The van der Waals surface area contributed by atoms with Crippen molar-refractivity contribution in [1.82, 2.24) is 5.32 Å². The summed E-state index contributed by atoms with van der Waals surface area (Å²) in [4.78, 5) is 0. The minimum absolute atomic E-state index is 0.157. The van der Waals surface area contributed by atoms with E-state index in [1.165, 1.54) is 24.6 Å². The monoisotopic (exact) mass is 253 g/mol. The molecule has 0 aliphatic heterocycles. The lowest BCUT2D eigenvalue weighted by Gasteiger charge is -2.25. The van der Waals surface area contributed by atoms with Crippen molar-refractivity contribution in [1.29, 1.82) is 0 Å². The van der Waals surface area contributed by atoms with Crippen LogP contribution in [-0.2, 0) is 0 Å². The lowest BCUT2D eigenvalue weighted by Crippen LogP contribution is -2.35. The number of hydrogen-bond acceptors (Lipinski definition) is 1. The number of hydrogen-bond donors (Lipinski definition) is 1. The molecular formula is C15H21F2N. The minimum Gasteiger partial charge on any atom is -0.307 e. The van der Waals surface area contributed by atoms with Crippen LogP contribution < -0.4 is 5.32 Å². The normalized spacial score (nSPS) is 29.5. The van der Waals surface area contributed by atoms with Crippen LogP contribution in [0, 0.1) is 23.5 Å². The standard InChI is InChI=1S/C15H21F2N/c1-9-7-8-14(10(9)2)18-11(3)15-12(16)5-4-6-13(15)17/h4-6,9-11,14,18H,7-8H2,1-3H3. The molecule has 2 rings (SSSR count). The number of rotatable bonds is 3. The second-order valence-electron chi connectivity index (χ2n) is 5.54. The highest BCUT2D eigenvalue weighted by Crippen LogP contribution is 2.33. The van der Waals surface area contributed by atoms with E-state index in [1.807, 2.05) is 6.92 Å². The van der Waals surface area contributed by atoms with Gasteiger partial charge in [0.1, 0.15) is 11.6 Å². The molecule has 0 amide bonds. The fraction of sp³-hybridized carbons (Fsp3) is 0.600. The first-order valence-electron chi connectivity index (χ1n) is 6.70. The third kappa shape index (κ3) is 2.56. The van der Waals surface area contributed by atoms with Gasteiger partial charge >= 0.3 is 0 Å². The molecule has 100 valence electrons. The SMILES string of the molecule is CC(NC1CCC(C)C1C)c1c(F)cccc1F. The van der Waals surface area contributed by atoms with E-state index in [-0.39, 0.29) is 11.6 Å². The molecule has 0 heterocycles. The highest BCUT2D eigenvalue weighted by Gasteiger charge is 2.31. The summed E-state index contributed by atoms with van der Waals surface area (Å²) >= 11 is 0. The summed E-state index contributed by atoms with van der Waals surface area (Å²) in [7, 11) is 0. The minimum atomic E-state index is -0.464. The van der Waals surface area contributed by atoms with Gasteiger partial charge in [-0.15, -0.1) is 0 Å². The van der Waals surface area contributed by atoms with E-state index in [1.54, 1.807) is 0 Å². The molecule has 1 saturated carbocycles. The highest BCUT2D eigenvalue weighted by molar-refractivity contribution is 5.23. The van der Waals surface area contributed by atoms with Crippen LogP contribution in [0.15, 0.2) is 18.2 Å². The molecule has 1 fully saturated rings. The van der Waals surface area contributed by atoms with Gasteiger partial charge in [-0.2, -0.15) is 0 Å². The van der Waals surface area contributed by atoms with Crippen molar-refractivity contribution in [2.45, 2.75) is 45.7 Å². The molecule has 4 atom stereocenters. The lowest BCUT2D eigenvalue weighted by atomic mass is 9.96. The zero-order valence-electron chi connectivity index (χ0n) is 11.2. The maximum atomic E-state index is 13.7. The average molecular weight is 253 g/mol. The number of halogens is 2. The zero-order valence-corrected chi connectivity index (χ0v) is 11.2. The van der Waals surface area contributed by atoms with Gasteiger partial charge in [0.2, 0.25) is 0 Å². The molecule has 1 aliphatic carbocycles. The first-order valence-corrected chi connectivity index (χ1v) is 6.70. The fourth-order valence-corrected chi connectivity index (χ4v) is 2.93. The van der Waals surface area contributed by atoms with E-state index in [0.717, 1.165) is 6.42 Å². The molecule has 0 spiro atoms. The van der Waals surface area contributed by atoms with Crippen molar-refractivity contribution in [3.8, 4) is 0 Å². The second kappa shape index (κ2) is 5.35. The summed E-state index contributed by atoms with van der Waals surface area (Å²) in [5, 5.41) is 3.38. The first-order chi connectivity index (χ1) is 8.50. The Hall–Kier alpha value is -0.960. The molecule has 1 N–H and O–H groups in total. The van der Waals surface area contributed by atoms with Gasteiger partial charge in [0.15, 0.2) is 0 Å². The molecule has 18 heavy (non-hydrogen) atoms.